The van der Waals surface area contributed by atoms with Crippen LogP contribution in [0.25, 0.3) is 5.57 Å². The predicted octanol–water partition coefficient (Wildman–Crippen LogP) is 2.33. The van der Waals surface area contributed by atoms with E-state index in [1.165, 1.54) is 6.92 Å². The molecule has 16 heavy (non-hydrogen) atoms. The van der Waals surface area contributed by atoms with Gasteiger partial charge < -0.3 is 9.47 Å². The minimum atomic E-state index is -0.316. The van der Waals surface area contributed by atoms with Crippen LogP contribution < -0.4 is 9.47 Å². The molecule has 1 aromatic rings. The molecule has 0 aromatic heterocycles. The molecule has 0 radical (unpaired) electrons. The highest BCUT2D eigenvalue weighted by molar-refractivity contribution is 5.86. The molecular weight excluding hydrogens is 204 g/mol. The number of allylic oxidation sites excluding steroid dienone is 2. The van der Waals surface area contributed by atoms with E-state index in [1.807, 2.05) is 30.4 Å². The highest BCUT2D eigenvalue weighted by atomic mass is 16.5. The van der Waals surface area contributed by atoms with Crippen LogP contribution in [0.15, 0.2) is 36.4 Å². The lowest BCUT2D eigenvalue weighted by Gasteiger charge is -2.06. The molecule has 1 aromatic carbocycles. The molecule has 0 fully saturated rings. The fourth-order valence-corrected chi connectivity index (χ4v) is 2.06. The molecule has 80 valence electrons. The second kappa shape index (κ2) is 3.23. The lowest BCUT2D eigenvalue weighted by molar-refractivity contribution is -0.131. The van der Waals surface area contributed by atoms with Crippen molar-refractivity contribution in [2.24, 2.45) is 0 Å². The molecule has 0 saturated heterocycles. The number of fused-ring (bicyclic) bond motifs is 3. The predicted molar refractivity (Wildman–Crippen MR) is 59.3 cm³/mol. The first-order valence-corrected chi connectivity index (χ1v) is 5.12. The van der Waals surface area contributed by atoms with Crippen LogP contribution in [0.5, 0.6) is 11.5 Å². The number of carbonyl (C=O) groups is 1. The maximum absolute atomic E-state index is 11.0. The minimum Gasteiger partial charge on any atom is -0.481 e. The van der Waals surface area contributed by atoms with Crippen LogP contribution in [0.3, 0.4) is 0 Å². The Morgan fingerprint density at radius 1 is 1.44 bits per heavy atom. The number of ether oxygens (including phenoxy) is 2. The van der Waals surface area contributed by atoms with Crippen LogP contribution in [-0.4, -0.2) is 12.1 Å². The molecule has 3 rings (SSSR count). The Morgan fingerprint density at radius 2 is 2.31 bits per heavy atom. The van der Waals surface area contributed by atoms with E-state index < -0.39 is 0 Å². The standard InChI is InChI=1S/C13H10O3/c1-8(14)15-11-6-3-7-12-13(11)9-4-2-5-10(9)16-12/h2-7,10H,1H3. The van der Waals surface area contributed by atoms with Crippen LogP contribution in [0, 0.1) is 0 Å². The van der Waals surface area contributed by atoms with Gasteiger partial charge in [0.25, 0.3) is 0 Å². The third-order valence-electron chi connectivity index (χ3n) is 2.65. The molecule has 1 heterocycles. The van der Waals surface area contributed by atoms with Gasteiger partial charge in [0.1, 0.15) is 17.6 Å². The lowest BCUT2D eigenvalue weighted by Crippen LogP contribution is -2.05. The summed E-state index contributed by atoms with van der Waals surface area (Å²) in [6.07, 6.45) is 5.90. The molecule has 0 bridgehead atoms. The molecule has 0 spiro atoms. The summed E-state index contributed by atoms with van der Waals surface area (Å²) < 4.78 is 10.9. The number of carbonyl (C=O) groups excluding carboxylic acids is 1. The molecule has 1 aliphatic heterocycles. The second-order valence-electron chi connectivity index (χ2n) is 3.77. The van der Waals surface area contributed by atoms with Crippen molar-refractivity contribution in [3.8, 4) is 11.5 Å². The van der Waals surface area contributed by atoms with Crippen molar-refractivity contribution in [1.82, 2.24) is 0 Å². The number of hydrogen-bond donors (Lipinski definition) is 0. The Kier molecular flexibility index (Phi) is 1.86. The van der Waals surface area contributed by atoms with Gasteiger partial charge in [-0.1, -0.05) is 18.2 Å². The van der Waals surface area contributed by atoms with Gasteiger partial charge in [0.2, 0.25) is 0 Å². The van der Waals surface area contributed by atoms with Gasteiger partial charge in [-0.25, -0.2) is 0 Å². The topological polar surface area (TPSA) is 35.5 Å². The summed E-state index contributed by atoms with van der Waals surface area (Å²) in [5.41, 5.74) is 1.96. The van der Waals surface area contributed by atoms with Gasteiger partial charge in [0, 0.05) is 12.5 Å². The largest absolute Gasteiger partial charge is 0.481 e. The van der Waals surface area contributed by atoms with Crippen LogP contribution >= 0.6 is 0 Å². The molecule has 1 unspecified atom stereocenters. The molecule has 2 aliphatic rings. The van der Waals surface area contributed by atoms with Crippen molar-refractivity contribution in [3.05, 3.63) is 42.0 Å². The zero-order valence-electron chi connectivity index (χ0n) is 8.77. The SMILES string of the molecule is CC(=O)Oc1cccc2c1C1=CC=CC1O2. The smallest absolute Gasteiger partial charge is 0.308 e. The van der Waals surface area contributed by atoms with E-state index in [0.29, 0.717) is 5.75 Å². The van der Waals surface area contributed by atoms with Crippen molar-refractivity contribution in [2.45, 2.75) is 13.0 Å². The Hall–Kier alpha value is -2.03. The van der Waals surface area contributed by atoms with Crippen molar-refractivity contribution >= 4 is 11.5 Å². The van der Waals surface area contributed by atoms with Crippen molar-refractivity contribution < 1.29 is 14.3 Å². The molecule has 0 N–H and O–H groups in total. The van der Waals surface area contributed by atoms with E-state index in [-0.39, 0.29) is 12.1 Å². The number of rotatable bonds is 1. The van der Waals surface area contributed by atoms with E-state index in [2.05, 4.69) is 0 Å². The molecule has 1 atom stereocenters. The van der Waals surface area contributed by atoms with E-state index in [9.17, 15) is 4.79 Å². The molecule has 1 aliphatic carbocycles. The fourth-order valence-electron chi connectivity index (χ4n) is 2.06. The Labute approximate surface area is 93.0 Å². The van der Waals surface area contributed by atoms with Gasteiger partial charge in [0.15, 0.2) is 0 Å². The third kappa shape index (κ3) is 1.25. The van der Waals surface area contributed by atoms with Crippen LogP contribution in [-0.2, 0) is 4.79 Å². The Bertz CT molecular complexity index is 526. The lowest BCUT2D eigenvalue weighted by atomic mass is 10.0. The third-order valence-corrected chi connectivity index (χ3v) is 2.65. The highest BCUT2D eigenvalue weighted by Crippen LogP contribution is 2.45. The summed E-state index contributed by atoms with van der Waals surface area (Å²) in [4.78, 5) is 11.0. The molecule has 0 saturated carbocycles. The minimum absolute atomic E-state index is 0.0216. The van der Waals surface area contributed by atoms with Gasteiger partial charge in [0.05, 0.1) is 5.56 Å². The average molecular weight is 214 g/mol. The van der Waals surface area contributed by atoms with E-state index in [0.717, 1.165) is 16.9 Å². The summed E-state index contributed by atoms with van der Waals surface area (Å²) in [7, 11) is 0. The maximum Gasteiger partial charge on any atom is 0.308 e. The normalized spacial score (nSPS) is 19.8. The van der Waals surface area contributed by atoms with Crippen LogP contribution in [0.2, 0.25) is 0 Å². The molecule has 3 nitrogen and oxygen atoms in total. The Balaban J connectivity index is 2.10. The Morgan fingerprint density at radius 3 is 3.12 bits per heavy atom. The molecular formula is C13H10O3. The second-order valence-corrected chi connectivity index (χ2v) is 3.77. The first-order valence-electron chi connectivity index (χ1n) is 5.12. The van der Waals surface area contributed by atoms with Crippen molar-refractivity contribution in [2.75, 3.05) is 0 Å². The van der Waals surface area contributed by atoms with E-state index >= 15 is 0 Å². The van der Waals surface area contributed by atoms with Crippen LogP contribution in [0.1, 0.15) is 12.5 Å². The molecule has 3 heteroatoms. The van der Waals surface area contributed by atoms with Gasteiger partial charge in [-0.15, -0.1) is 0 Å². The maximum atomic E-state index is 11.0. The summed E-state index contributed by atoms with van der Waals surface area (Å²) >= 11 is 0. The summed E-state index contributed by atoms with van der Waals surface area (Å²) in [5, 5.41) is 0. The fraction of sp³-hybridized carbons (Fsp3) is 0.154. The number of hydrogen-bond acceptors (Lipinski definition) is 3. The summed E-state index contributed by atoms with van der Waals surface area (Å²) in [6.45, 7) is 1.40. The van der Waals surface area contributed by atoms with Crippen LogP contribution in [0.4, 0.5) is 0 Å². The van der Waals surface area contributed by atoms with Crippen molar-refractivity contribution in [3.63, 3.8) is 0 Å². The zero-order valence-corrected chi connectivity index (χ0v) is 8.77. The monoisotopic (exact) mass is 214 g/mol. The van der Waals surface area contributed by atoms with Gasteiger partial charge in [-0.3, -0.25) is 4.79 Å². The van der Waals surface area contributed by atoms with Gasteiger partial charge >= 0.3 is 5.97 Å². The first kappa shape index (κ1) is 9.21. The molecule has 0 amide bonds. The van der Waals surface area contributed by atoms with E-state index in [4.69, 9.17) is 9.47 Å². The van der Waals surface area contributed by atoms with E-state index in [1.54, 1.807) is 6.07 Å². The van der Waals surface area contributed by atoms with Gasteiger partial charge in [-0.05, 0) is 18.2 Å². The average Bonchev–Trinajstić information content (AvgIpc) is 2.75. The van der Waals surface area contributed by atoms with Crippen molar-refractivity contribution in [1.29, 1.82) is 0 Å². The highest BCUT2D eigenvalue weighted by Gasteiger charge is 2.31. The summed E-state index contributed by atoms with van der Waals surface area (Å²) in [6, 6.07) is 5.49. The van der Waals surface area contributed by atoms with Gasteiger partial charge in [-0.2, -0.15) is 0 Å². The first-order chi connectivity index (χ1) is 7.75. The zero-order chi connectivity index (χ0) is 11.1. The number of esters is 1. The summed E-state index contributed by atoms with van der Waals surface area (Å²) in [5.74, 6) is 1.03. The quantitative estimate of drug-likeness (QED) is 0.531. The number of benzene rings is 1.